The predicted octanol–water partition coefficient (Wildman–Crippen LogP) is 3.90. The normalized spacial score (nSPS) is 15.0. The van der Waals surface area contributed by atoms with E-state index in [2.05, 4.69) is 17.4 Å². The van der Waals surface area contributed by atoms with E-state index in [1.165, 1.54) is 18.4 Å². The fraction of sp³-hybridized carbons (Fsp3) is 0.350. The zero-order chi connectivity index (χ0) is 16.1. The number of rotatable bonds is 7. The fourth-order valence-corrected chi connectivity index (χ4v) is 2.97. The summed E-state index contributed by atoms with van der Waals surface area (Å²) in [5.41, 5.74) is 2.37. The van der Waals surface area contributed by atoms with Crippen molar-refractivity contribution in [1.29, 1.82) is 0 Å². The number of methoxy groups -OCH3 is 1. The summed E-state index contributed by atoms with van der Waals surface area (Å²) in [5.74, 6) is 1.95. The smallest absolute Gasteiger partial charge is 0.220 e. The molecule has 0 aromatic heterocycles. The van der Waals surface area contributed by atoms with Gasteiger partial charge in [0, 0.05) is 13.0 Å². The summed E-state index contributed by atoms with van der Waals surface area (Å²) in [6, 6.07) is 18.2. The van der Waals surface area contributed by atoms with E-state index in [0.717, 1.165) is 11.3 Å². The van der Waals surface area contributed by atoms with Gasteiger partial charge in [0.25, 0.3) is 0 Å². The van der Waals surface area contributed by atoms with Crippen LogP contribution in [-0.2, 0) is 11.3 Å². The molecule has 1 atom stereocenters. The molecule has 0 radical (unpaired) electrons. The molecule has 3 heteroatoms. The molecule has 0 heterocycles. The van der Waals surface area contributed by atoms with Crippen LogP contribution in [0, 0.1) is 5.92 Å². The second-order valence-electron chi connectivity index (χ2n) is 6.18. The Hall–Kier alpha value is -2.29. The van der Waals surface area contributed by atoms with Crippen LogP contribution in [0.15, 0.2) is 54.6 Å². The number of ether oxygens (including phenoxy) is 1. The van der Waals surface area contributed by atoms with Crippen LogP contribution in [0.25, 0.3) is 0 Å². The Morgan fingerprint density at radius 2 is 1.83 bits per heavy atom. The van der Waals surface area contributed by atoms with Crippen molar-refractivity contribution in [3.05, 3.63) is 65.7 Å². The van der Waals surface area contributed by atoms with Crippen LogP contribution in [0.2, 0.25) is 0 Å². The molecular formula is C20H23NO2. The number of hydrogen-bond donors (Lipinski definition) is 1. The lowest BCUT2D eigenvalue weighted by molar-refractivity contribution is -0.121. The van der Waals surface area contributed by atoms with Crippen molar-refractivity contribution in [3.8, 4) is 5.75 Å². The van der Waals surface area contributed by atoms with Crippen molar-refractivity contribution in [2.75, 3.05) is 7.11 Å². The molecule has 0 bridgehead atoms. The van der Waals surface area contributed by atoms with E-state index in [4.69, 9.17) is 4.74 Å². The largest absolute Gasteiger partial charge is 0.497 e. The van der Waals surface area contributed by atoms with Crippen LogP contribution < -0.4 is 10.1 Å². The maximum absolute atomic E-state index is 12.3. The number of nitrogens with one attached hydrogen (secondary N) is 1. The predicted molar refractivity (Wildman–Crippen MR) is 91.4 cm³/mol. The van der Waals surface area contributed by atoms with Gasteiger partial charge >= 0.3 is 0 Å². The second kappa shape index (κ2) is 7.32. The Balaban J connectivity index is 1.59. The Kier molecular flexibility index (Phi) is 4.96. The zero-order valence-electron chi connectivity index (χ0n) is 13.5. The SMILES string of the molecule is COc1ccc(C(CC(=O)NCc2ccccc2)C2CC2)cc1. The molecule has 3 nitrogen and oxygen atoms in total. The first-order valence-electron chi connectivity index (χ1n) is 8.21. The lowest BCUT2D eigenvalue weighted by Crippen LogP contribution is -2.25. The Labute approximate surface area is 137 Å². The minimum absolute atomic E-state index is 0.126. The molecule has 1 fully saturated rings. The summed E-state index contributed by atoms with van der Waals surface area (Å²) in [4.78, 5) is 12.3. The van der Waals surface area contributed by atoms with Crippen LogP contribution >= 0.6 is 0 Å². The molecule has 0 spiro atoms. The van der Waals surface area contributed by atoms with Gasteiger partial charge in [-0.2, -0.15) is 0 Å². The van der Waals surface area contributed by atoms with Crippen molar-refractivity contribution in [1.82, 2.24) is 5.32 Å². The summed E-state index contributed by atoms with van der Waals surface area (Å²) in [6.45, 7) is 0.597. The minimum atomic E-state index is 0.126. The van der Waals surface area contributed by atoms with Crippen molar-refractivity contribution >= 4 is 5.91 Å². The average molecular weight is 309 g/mol. The number of amides is 1. The minimum Gasteiger partial charge on any atom is -0.497 e. The van der Waals surface area contributed by atoms with Gasteiger partial charge in [0.15, 0.2) is 0 Å². The standard InChI is InChI=1S/C20H23NO2/c1-23-18-11-9-17(10-12-18)19(16-7-8-16)13-20(22)21-14-15-5-3-2-4-6-15/h2-6,9-12,16,19H,7-8,13-14H2,1H3,(H,21,22). The van der Waals surface area contributed by atoms with Gasteiger partial charge in [-0.3, -0.25) is 4.79 Å². The first-order valence-corrected chi connectivity index (χ1v) is 8.21. The molecule has 1 amide bonds. The topological polar surface area (TPSA) is 38.3 Å². The molecule has 2 aromatic carbocycles. The number of hydrogen-bond acceptors (Lipinski definition) is 2. The van der Waals surface area contributed by atoms with Gasteiger partial charge < -0.3 is 10.1 Å². The average Bonchev–Trinajstić information content (AvgIpc) is 3.44. The highest BCUT2D eigenvalue weighted by Gasteiger charge is 2.33. The van der Waals surface area contributed by atoms with Crippen molar-refractivity contribution in [3.63, 3.8) is 0 Å². The van der Waals surface area contributed by atoms with E-state index in [-0.39, 0.29) is 5.91 Å². The molecule has 1 aliphatic rings. The van der Waals surface area contributed by atoms with E-state index < -0.39 is 0 Å². The maximum atomic E-state index is 12.3. The molecule has 1 N–H and O–H groups in total. The maximum Gasteiger partial charge on any atom is 0.220 e. The summed E-state index contributed by atoms with van der Waals surface area (Å²) in [6.07, 6.45) is 3.01. The van der Waals surface area contributed by atoms with Gasteiger partial charge in [-0.05, 0) is 47.9 Å². The van der Waals surface area contributed by atoms with Crippen molar-refractivity contribution < 1.29 is 9.53 Å². The van der Waals surface area contributed by atoms with Gasteiger partial charge in [-0.15, -0.1) is 0 Å². The molecule has 0 saturated heterocycles. The van der Waals surface area contributed by atoms with Crippen LogP contribution in [0.5, 0.6) is 5.75 Å². The highest BCUT2D eigenvalue weighted by atomic mass is 16.5. The molecule has 0 aliphatic heterocycles. The third-order valence-electron chi connectivity index (χ3n) is 4.47. The lowest BCUT2D eigenvalue weighted by atomic mass is 9.90. The number of carbonyl (C=O) groups is 1. The van der Waals surface area contributed by atoms with Gasteiger partial charge in [-0.25, -0.2) is 0 Å². The quantitative estimate of drug-likeness (QED) is 0.842. The summed E-state index contributed by atoms with van der Waals surface area (Å²) < 4.78 is 5.21. The summed E-state index contributed by atoms with van der Waals surface area (Å²) in [5, 5.41) is 3.04. The third-order valence-corrected chi connectivity index (χ3v) is 4.47. The van der Waals surface area contributed by atoms with Crippen molar-refractivity contribution in [2.24, 2.45) is 5.92 Å². The van der Waals surface area contributed by atoms with E-state index in [1.54, 1.807) is 7.11 Å². The molecular weight excluding hydrogens is 286 g/mol. The Morgan fingerprint density at radius 1 is 1.13 bits per heavy atom. The Morgan fingerprint density at radius 3 is 2.43 bits per heavy atom. The van der Waals surface area contributed by atoms with Crippen molar-refractivity contribution in [2.45, 2.75) is 31.7 Å². The van der Waals surface area contributed by atoms with Gasteiger partial charge in [0.05, 0.1) is 7.11 Å². The van der Waals surface area contributed by atoms with Gasteiger partial charge in [0.1, 0.15) is 5.75 Å². The molecule has 1 unspecified atom stereocenters. The van der Waals surface area contributed by atoms with Crippen LogP contribution in [0.1, 0.15) is 36.3 Å². The molecule has 2 aromatic rings. The van der Waals surface area contributed by atoms with Gasteiger partial charge in [-0.1, -0.05) is 42.5 Å². The van der Waals surface area contributed by atoms with Crippen LogP contribution in [0.4, 0.5) is 0 Å². The number of carbonyl (C=O) groups excluding carboxylic acids is 1. The monoisotopic (exact) mass is 309 g/mol. The Bertz CT molecular complexity index is 632. The molecule has 1 aliphatic carbocycles. The molecule has 3 rings (SSSR count). The van der Waals surface area contributed by atoms with Crippen LogP contribution in [-0.4, -0.2) is 13.0 Å². The number of benzene rings is 2. The first kappa shape index (κ1) is 15.6. The lowest BCUT2D eigenvalue weighted by Gasteiger charge is -2.17. The van der Waals surface area contributed by atoms with E-state index in [9.17, 15) is 4.79 Å². The van der Waals surface area contributed by atoms with Crippen LogP contribution in [0.3, 0.4) is 0 Å². The second-order valence-corrected chi connectivity index (χ2v) is 6.18. The summed E-state index contributed by atoms with van der Waals surface area (Å²) >= 11 is 0. The van der Waals surface area contributed by atoms with E-state index in [0.29, 0.717) is 24.8 Å². The first-order chi connectivity index (χ1) is 11.3. The van der Waals surface area contributed by atoms with E-state index in [1.807, 2.05) is 42.5 Å². The van der Waals surface area contributed by atoms with E-state index >= 15 is 0 Å². The zero-order valence-corrected chi connectivity index (χ0v) is 13.5. The molecule has 1 saturated carbocycles. The summed E-state index contributed by atoms with van der Waals surface area (Å²) in [7, 11) is 1.67. The highest BCUT2D eigenvalue weighted by molar-refractivity contribution is 5.77. The van der Waals surface area contributed by atoms with Gasteiger partial charge in [0.2, 0.25) is 5.91 Å². The molecule has 23 heavy (non-hydrogen) atoms. The highest BCUT2D eigenvalue weighted by Crippen LogP contribution is 2.44. The fourth-order valence-electron chi connectivity index (χ4n) is 2.97. The third kappa shape index (κ3) is 4.35. The molecule has 120 valence electrons.